The first kappa shape index (κ1) is 24.4. The molecule has 0 amide bonds. The fourth-order valence-electron chi connectivity index (χ4n) is 3.26. The molecule has 7 nitrogen and oxygen atoms in total. The van der Waals surface area contributed by atoms with Gasteiger partial charge in [0, 0.05) is 32.4 Å². The van der Waals surface area contributed by atoms with E-state index >= 15 is 0 Å². The van der Waals surface area contributed by atoms with Crippen LogP contribution in [0.15, 0.2) is 59.8 Å². The molecule has 0 saturated carbocycles. The van der Waals surface area contributed by atoms with Gasteiger partial charge in [-0.2, -0.15) is 0 Å². The van der Waals surface area contributed by atoms with Crippen molar-refractivity contribution in [2.24, 2.45) is 4.99 Å². The highest BCUT2D eigenvalue weighted by molar-refractivity contribution is 5.92. The lowest BCUT2D eigenvalue weighted by atomic mass is 10.1. The van der Waals surface area contributed by atoms with Crippen LogP contribution in [0.5, 0.6) is 5.75 Å². The molecule has 0 radical (unpaired) electrons. The summed E-state index contributed by atoms with van der Waals surface area (Å²) >= 11 is 0. The minimum atomic E-state index is -0.423. The molecular formula is C24H33N3O4. The van der Waals surface area contributed by atoms with Gasteiger partial charge in [0.05, 0.1) is 31.9 Å². The third-order valence-corrected chi connectivity index (χ3v) is 5.18. The van der Waals surface area contributed by atoms with Crippen LogP contribution in [0.25, 0.3) is 6.08 Å². The van der Waals surface area contributed by atoms with Gasteiger partial charge in [0.25, 0.3) is 0 Å². The molecule has 1 aromatic carbocycles. The molecule has 1 aliphatic rings. The van der Waals surface area contributed by atoms with Gasteiger partial charge < -0.3 is 19.5 Å². The number of carbonyl (C=O) groups is 1. The summed E-state index contributed by atoms with van der Waals surface area (Å²) in [7, 11) is 1.65. The highest BCUT2D eigenvalue weighted by Gasteiger charge is 2.22. The molecule has 1 N–H and O–H groups in total. The number of aliphatic hydroxyl groups excluding tert-OH is 1. The lowest BCUT2D eigenvalue weighted by molar-refractivity contribution is -0.138. The van der Waals surface area contributed by atoms with E-state index in [4.69, 9.17) is 9.47 Å². The Bertz CT molecular complexity index is 807. The average Bonchev–Trinajstić information content (AvgIpc) is 2.80. The molecule has 0 aromatic heterocycles. The molecule has 1 aliphatic heterocycles. The van der Waals surface area contributed by atoms with E-state index in [0.717, 1.165) is 43.3 Å². The molecule has 31 heavy (non-hydrogen) atoms. The topological polar surface area (TPSA) is 74.6 Å². The molecule has 2 rings (SSSR count). The van der Waals surface area contributed by atoms with E-state index in [1.807, 2.05) is 43.3 Å². The van der Waals surface area contributed by atoms with Gasteiger partial charge in [0.2, 0.25) is 0 Å². The minimum Gasteiger partial charge on any atom is -0.497 e. The Labute approximate surface area is 185 Å². The van der Waals surface area contributed by atoms with E-state index in [-0.39, 0.29) is 12.6 Å². The number of rotatable bonds is 9. The third-order valence-electron chi connectivity index (χ3n) is 5.18. The van der Waals surface area contributed by atoms with Gasteiger partial charge in [0.15, 0.2) is 0 Å². The van der Waals surface area contributed by atoms with Gasteiger partial charge in [-0.05, 0) is 31.5 Å². The normalized spacial score (nSPS) is 17.0. The smallest absolute Gasteiger partial charge is 0.339 e. The quantitative estimate of drug-likeness (QED) is 0.215. The summed E-state index contributed by atoms with van der Waals surface area (Å²) in [5.41, 5.74) is 1.40. The number of methoxy groups -OCH3 is 1. The molecule has 0 spiro atoms. The summed E-state index contributed by atoms with van der Waals surface area (Å²) in [6, 6.07) is 7.77. The Morgan fingerprint density at radius 1 is 1.26 bits per heavy atom. The number of hydrogen-bond donors (Lipinski definition) is 1. The van der Waals surface area contributed by atoms with Crippen LogP contribution in [0, 0.1) is 0 Å². The predicted octanol–water partition coefficient (Wildman–Crippen LogP) is 2.74. The van der Waals surface area contributed by atoms with Crippen LogP contribution in [0.1, 0.15) is 19.4 Å². The Hall–Kier alpha value is -2.90. The number of ether oxygens (including phenoxy) is 2. The van der Waals surface area contributed by atoms with Crippen molar-refractivity contribution < 1.29 is 19.4 Å². The van der Waals surface area contributed by atoms with E-state index in [1.54, 1.807) is 14.0 Å². The van der Waals surface area contributed by atoms with E-state index in [9.17, 15) is 9.90 Å². The van der Waals surface area contributed by atoms with Crippen molar-refractivity contribution in [1.29, 1.82) is 0 Å². The Morgan fingerprint density at radius 3 is 2.48 bits per heavy atom. The molecule has 0 bridgehead atoms. The van der Waals surface area contributed by atoms with Gasteiger partial charge >= 0.3 is 5.97 Å². The fourth-order valence-corrected chi connectivity index (χ4v) is 3.26. The second-order valence-corrected chi connectivity index (χ2v) is 7.09. The highest BCUT2D eigenvalue weighted by Crippen LogP contribution is 2.14. The second-order valence-electron chi connectivity index (χ2n) is 7.09. The molecular weight excluding hydrogens is 394 g/mol. The predicted molar refractivity (Wildman–Crippen MR) is 124 cm³/mol. The zero-order valence-electron chi connectivity index (χ0n) is 18.7. The fraction of sp³-hybridized carbons (Fsp3) is 0.417. The van der Waals surface area contributed by atoms with E-state index in [2.05, 4.69) is 21.4 Å². The SMILES string of the molecule is C=C/C(=C\N=C(C)N1CCN(C(/C=C/c2ccc(OC)cc2)CO)CC1)C(=O)OCC. The zero-order valence-corrected chi connectivity index (χ0v) is 18.7. The summed E-state index contributed by atoms with van der Waals surface area (Å²) in [5, 5.41) is 9.87. The maximum absolute atomic E-state index is 11.8. The Balaban J connectivity index is 1.94. The van der Waals surface area contributed by atoms with Crippen molar-refractivity contribution in [2.45, 2.75) is 19.9 Å². The number of aliphatic imine (C=N–C) groups is 1. The molecule has 1 fully saturated rings. The van der Waals surface area contributed by atoms with Crippen molar-refractivity contribution in [2.75, 3.05) is 46.5 Å². The number of aliphatic hydroxyl groups is 1. The number of esters is 1. The van der Waals surface area contributed by atoms with Crippen molar-refractivity contribution >= 4 is 17.9 Å². The monoisotopic (exact) mass is 427 g/mol. The third kappa shape index (κ3) is 7.38. The Morgan fingerprint density at radius 2 is 1.94 bits per heavy atom. The summed E-state index contributed by atoms with van der Waals surface area (Å²) in [6.45, 7) is 10.9. The van der Waals surface area contributed by atoms with Crippen molar-refractivity contribution in [3.05, 3.63) is 60.3 Å². The first-order valence-electron chi connectivity index (χ1n) is 10.5. The molecule has 1 unspecified atom stereocenters. The molecule has 1 heterocycles. The molecule has 1 saturated heterocycles. The molecule has 0 aliphatic carbocycles. The van der Waals surface area contributed by atoms with Crippen LogP contribution in [-0.2, 0) is 9.53 Å². The lowest BCUT2D eigenvalue weighted by Gasteiger charge is -2.38. The minimum absolute atomic E-state index is 0.0439. The first-order valence-corrected chi connectivity index (χ1v) is 10.5. The van der Waals surface area contributed by atoms with Crippen LogP contribution in [0.4, 0.5) is 0 Å². The number of piperazine rings is 1. The van der Waals surface area contributed by atoms with E-state index in [1.165, 1.54) is 12.3 Å². The van der Waals surface area contributed by atoms with Gasteiger partial charge in [-0.25, -0.2) is 9.79 Å². The average molecular weight is 428 g/mol. The standard InChI is InChI=1S/C24H33N3O4/c1-5-21(24(29)31-6-2)17-25-19(3)26-13-15-27(16-14-26)22(18-28)10-7-20-8-11-23(30-4)12-9-20/h5,7-12,17,22,28H,1,6,13-16,18H2,2-4H3/b10-7+,21-17+,25-19?. The molecule has 1 aromatic rings. The summed E-state index contributed by atoms with van der Waals surface area (Å²) in [5.74, 6) is 1.23. The van der Waals surface area contributed by atoms with Crippen LogP contribution in [0.2, 0.25) is 0 Å². The van der Waals surface area contributed by atoms with Crippen LogP contribution < -0.4 is 4.74 Å². The van der Waals surface area contributed by atoms with Gasteiger partial charge in [0.1, 0.15) is 11.6 Å². The summed E-state index contributed by atoms with van der Waals surface area (Å²) < 4.78 is 10.2. The number of amidine groups is 1. The van der Waals surface area contributed by atoms with Gasteiger partial charge in [-0.15, -0.1) is 0 Å². The van der Waals surface area contributed by atoms with Gasteiger partial charge in [-0.3, -0.25) is 4.90 Å². The largest absolute Gasteiger partial charge is 0.497 e. The van der Waals surface area contributed by atoms with Crippen LogP contribution in [0.3, 0.4) is 0 Å². The number of benzene rings is 1. The maximum Gasteiger partial charge on any atom is 0.339 e. The van der Waals surface area contributed by atoms with Crippen molar-refractivity contribution in [3.63, 3.8) is 0 Å². The Kier molecular flexibility index (Phi) is 10.00. The van der Waals surface area contributed by atoms with Crippen LogP contribution >= 0.6 is 0 Å². The van der Waals surface area contributed by atoms with E-state index in [0.29, 0.717) is 12.2 Å². The summed E-state index contributed by atoms with van der Waals surface area (Å²) in [6.07, 6.45) is 7.02. The number of nitrogens with zero attached hydrogens (tertiary/aromatic N) is 3. The highest BCUT2D eigenvalue weighted by atomic mass is 16.5. The lowest BCUT2D eigenvalue weighted by Crippen LogP contribution is -2.52. The van der Waals surface area contributed by atoms with Crippen molar-refractivity contribution in [3.8, 4) is 5.75 Å². The number of carbonyl (C=O) groups excluding carboxylic acids is 1. The van der Waals surface area contributed by atoms with Crippen LogP contribution in [-0.4, -0.2) is 79.3 Å². The maximum atomic E-state index is 11.8. The van der Waals surface area contributed by atoms with Gasteiger partial charge in [-0.1, -0.05) is 36.9 Å². The molecule has 1 atom stereocenters. The summed E-state index contributed by atoms with van der Waals surface area (Å²) in [4.78, 5) is 20.7. The van der Waals surface area contributed by atoms with Crippen molar-refractivity contribution in [1.82, 2.24) is 9.80 Å². The number of hydrogen-bond acceptors (Lipinski definition) is 6. The molecule has 168 valence electrons. The zero-order chi connectivity index (χ0) is 22.6. The first-order chi connectivity index (χ1) is 15.0. The molecule has 7 heteroatoms. The second kappa shape index (κ2) is 12.7. The van der Waals surface area contributed by atoms with E-state index < -0.39 is 5.97 Å².